The van der Waals surface area contributed by atoms with Crippen LogP contribution in [0.2, 0.25) is 0 Å². The molecule has 2 aromatic rings. The second-order valence-electron chi connectivity index (χ2n) is 6.06. The first kappa shape index (κ1) is 14.2. The van der Waals surface area contributed by atoms with Gasteiger partial charge in [-0.1, -0.05) is 56.5 Å². The van der Waals surface area contributed by atoms with E-state index >= 15 is 0 Å². The van der Waals surface area contributed by atoms with Gasteiger partial charge >= 0.3 is 0 Å². The molecule has 1 aromatic heterocycles. The van der Waals surface area contributed by atoms with Crippen LogP contribution in [0.1, 0.15) is 57.1 Å². The lowest BCUT2D eigenvalue weighted by Crippen LogP contribution is -2.09. The van der Waals surface area contributed by atoms with Crippen LogP contribution in [0.4, 0.5) is 5.82 Å². The van der Waals surface area contributed by atoms with Crippen molar-refractivity contribution in [3.8, 4) is 11.4 Å². The van der Waals surface area contributed by atoms with E-state index in [1.54, 1.807) is 0 Å². The Morgan fingerprint density at radius 3 is 2.52 bits per heavy atom. The highest BCUT2D eigenvalue weighted by Gasteiger charge is 2.24. The van der Waals surface area contributed by atoms with E-state index in [1.807, 2.05) is 6.07 Å². The lowest BCUT2D eigenvalue weighted by atomic mass is 9.87. The third-order valence-electron chi connectivity index (χ3n) is 4.51. The summed E-state index contributed by atoms with van der Waals surface area (Å²) in [4.78, 5) is 4.96. The van der Waals surface area contributed by atoms with Gasteiger partial charge in [0.15, 0.2) is 0 Å². The average Bonchev–Trinajstić information content (AvgIpc) is 2.87. The molecule has 3 rings (SSSR count). The second kappa shape index (κ2) is 6.33. The Labute approximate surface area is 127 Å². The van der Waals surface area contributed by atoms with Crippen LogP contribution in [0.15, 0.2) is 30.3 Å². The molecule has 0 saturated heterocycles. The molecule has 1 aliphatic carbocycles. The van der Waals surface area contributed by atoms with Crippen LogP contribution >= 0.6 is 0 Å². The fraction of sp³-hybridized carbons (Fsp3) is 0.500. The number of nitrogens with two attached hydrogens (primary N) is 1. The minimum absolute atomic E-state index is 0.555. The zero-order valence-corrected chi connectivity index (χ0v) is 12.9. The quantitative estimate of drug-likeness (QED) is 0.891. The molecule has 0 aliphatic heterocycles. The van der Waals surface area contributed by atoms with Gasteiger partial charge in [-0.05, 0) is 19.3 Å². The second-order valence-corrected chi connectivity index (χ2v) is 6.06. The number of hydrogen-bond donors (Lipinski definition) is 1. The number of nitrogens with zero attached hydrogens (tertiary/aromatic N) is 2. The maximum absolute atomic E-state index is 6.46. The van der Waals surface area contributed by atoms with Crippen molar-refractivity contribution in [2.45, 2.75) is 57.9 Å². The number of nitrogen functional groups attached to an aromatic ring is 1. The Morgan fingerprint density at radius 2 is 1.86 bits per heavy atom. The molecule has 1 aromatic carbocycles. The fourth-order valence-electron chi connectivity index (χ4n) is 3.42. The summed E-state index contributed by atoms with van der Waals surface area (Å²) < 4.78 is 2.21. The highest BCUT2D eigenvalue weighted by atomic mass is 15.1. The van der Waals surface area contributed by atoms with Crippen LogP contribution in [-0.4, -0.2) is 9.55 Å². The molecule has 0 unspecified atom stereocenters. The maximum atomic E-state index is 6.46. The van der Waals surface area contributed by atoms with Crippen molar-refractivity contribution in [1.29, 1.82) is 0 Å². The molecule has 0 atom stereocenters. The molecule has 3 heteroatoms. The van der Waals surface area contributed by atoms with Crippen molar-refractivity contribution in [3.05, 3.63) is 36.0 Å². The van der Waals surface area contributed by atoms with Crippen LogP contribution in [0.5, 0.6) is 0 Å². The van der Waals surface area contributed by atoms with Gasteiger partial charge < -0.3 is 10.3 Å². The molecule has 2 N–H and O–H groups in total. The van der Waals surface area contributed by atoms with Gasteiger partial charge in [0, 0.05) is 18.0 Å². The van der Waals surface area contributed by atoms with Crippen LogP contribution in [0.3, 0.4) is 0 Å². The Morgan fingerprint density at radius 1 is 1.14 bits per heavy atom. The summed E-state index contributed by atoms with van der Waals surface area (Å²) in [6.45, 7) is 3.13. The molecule has 3 nitrogen and oxygen atoms in total. The van der Waals surface area contributed by atoms with Crippen molar-refractivity contribution >= 4 is 5.82 Å². The number of aromatic nitrogens is 2. The number of imidazole rings is 1. The standard InChI is InChI=1S/C18H25N3/c1-2-13-21-17(19)16(14-9-5-3-6-10-14)20-18(21)15-11-7-4-8-12-15/h4,7-8,11-12,14H,2-3,5-6,9-10,13,19H2,1H3. The van der Waals surface area contributed by atoms with Crippen molar-refractivity contribution in [1.82, 2.24) is 9.55 Å². The van der Waals surface area contributed by atoms with E-state index in [4.69, 9.17) is 10.7 Å². The number of hydrogen-bond acceptors (Lipinski definition) is 2. The summed E-state index contributed by atoms with van der Waals surface area (Å²) in [5.74, 6) is 2.48. The van der Waals surface area contributed by atoms with Gasteiger partial charge in [0.2, 0.25) is 0 Å². The van der Waals surface area contributed by atoms with E-state index in [9.17, 15) is 0 Å². The third-order valence-corrected chi connectivity index (χ3v) is 4.51. The van der Waals surface area contributed by atoms with Crippen molar-refractivity contribution < 1.29 is 0 Å². The first-order valence-electron chi connectivity index (χ1n) is 8.22. The summed E-state index contributed by atoms with van der Waals surface area (Å²) in [5.41, 5.74) is 8.77. The average molecular weight is 283 g/mol. The smallest absolute Gasteiger partial charge is 0.141 e. The van der Waals surface area contributed by atoms with Crippen LogP contribution in [-0.2, 0) is 6.54 Å². The van der Waals surface area contributed by atoms with Gasteiger partial charge in [0.1, 0.15) is 11.6 Å². The third kappa shape index (κ3) is 2.82. The number of rotatable bonds is 4. The first-order valence-corrected chi connectivity index (χ1v) is 8.22. The van der Waals surface area contributed by atoms with E-state index in [1.165, 1.54) is 37.7 Å². The Bertz CT molecular complexity index is 580. The van der Waals surface area contributed by atoms with E-state index < -0.39 is 0 Å². The van der Waals surface area contributed by atoms with E-state index in [0.717, 1.165) is 30.3 Å². The van der Waals surface area contributed by atoms with Crippen molar-refractivity contribution in [2.75, 3.05) is 5.73 Å². The van der Waals surface area contributed by atoms with Gasteiger partial charge in [-0.3, -0.25) is 0 Å². The van der Waals surface area contributed by atoms with Crippen LogP contribution in [0.25, 0.3) is 11.4 Å². The summed E-state index contributed by atoms with van der Waals surface area (Å²) in [5, 5.41) is 0. The van der Waals surface area contributed by atoms with Crippen LogP contribution < -0.4 is 5.73 Å². The number of anilines is 1. The monoisotopic (exact) mass is 283 g/mol. The minimum Gasteiger partial charge on any atom is -0.384 e. The molecule has 0 bridgehead atoms. The van der Waals surface area contributed by atoms with Gasteiger partial charge in [0.05, 0.1) is 5.69 Å². The molecule has 0 spiro atoms. The van der Waals surface area contributed by atoms with Crippen molar-refractivity contribution in [2.24, 2.45) is 0 Å². The molecular formula is C18H25N3. The fourth-order valence-corrected chi connectivity index (χ4v) is 3.42. The van der Waals surface area contributed by atoms with Gasteiger partial charge in [0.25, 0.3) is 0 Å². The van der Waals surface area contributed by atoms with Gasteiger partial charge in [-0.25, -0.2) is 4.98 Å². The lowest BCUT2D eigenvalue weighted by molar-refractivity contribution is 0.438. The van der Waals surface area contributed by atoms with Crippen LogP contribution in [0, 0.1) is 0 Å². The zero-order valence-electron chi connectivity index (χ0n) is 12.9. The minimum atomic E-state index is 0.555. The molecular weight excluding hydrogens is 258 g/mol. The first-order chi connectivity index (χ1) is 10.3. The molecule has 0 amide bonds. The summed E-state index contributed by atoms with van der Waals surface area (Å²) >= 11 is 0. The predicted molar refractivity (Wildman–Crippen MR) is 88.2 cm³/mol. The lowest BCUT2D eigenvalue weighted by Gasteiger charge is -2.20. The van der Waals surface area contributed by atoms with Gasteiger partial charge in [-0.2, -0.15) is 0 Å². The topological polar surface area (TPSA) is 43.8 Å². The van der Waals surface area contributed by atoms with E-state index in [0.29, 0.717) is 5.92 Å². The predicted octanol–water partition coefficient (Wildman–Crippen LogP) is 4.59. The molecule has 1 heterocycles. The Hall–Kier alpha value is -1.77. The highest BCUT2D eigenvalue weighted by Crippen LogP contribution is 2.37. The Kier molecular flexibility index (Phi) is 4.28. The largest absolute Gasteiger partial charge is 0.384 e. The number of benzene rings is 1. The molecule has 1 saturated carbocycles. The molecule has 112 valence electrons. The highest BCUT2D eigenvalue weighted by molar-refractivity contribution is 5.61. The normalized spacial score (nSPS) is 16.2. The Balaban J connectivity index is 2.02. The summed E-state index contributed by atoms with van der Waals surface area (Å²) in [6.07, 6.45) is 7.53. The molecule has 1 aliphatic rings. The molecule has 0 radical (unpaired) electrons. The van der Waals surface area contributed by atoms with E-state index in [2.05, 4.69) is 35.8 Å². The maximum Gasteiger partial charge on any atom is 0.141 e. The SMILES string of the molecule is CCCn1c(-c2ccccc2)nc(C2CCCCC2)c1N. The molecule has 21 heavy (non-hydrogen) atoms. The van der Waals surface area contributed by atoms with Crippen molar-refractivity contribution in [3.63, 3.8) is 0 Å². The van der Waals surface area contributed by atoms with Gasteiger partial charge in [-0.15, -0.1) is 0 Å². The zero-order chi connectivity index (χ0) is 14.7. The summed E-state index contributed by atoms with van der Waals surface area (Å²) in [7, 11) is 0. The molecule has 1 fully saturated rings. The van der Waals surface area contributed by atoms with E-state index in [-0.39, 0.29) is 0 Å². The summed E-state index contributed by atoms with van der Waals surface area (Å²) in [6, 6.07) is 10.4.